The molecule has 216 valence electrons. The molecule has 1 aliphatic heterocycles. The van der Waals surface area contributed by atoms with Crippen LogP contribution in [0.4, 0.5) is 0 Å². The topological polar surface area (TPSA) is 116 Å². The monoisotopic (exact) mass is 638 g/mol. The van der Waals surface area contributed by atoms with Gasteiger partial charge in [0.25, 0.3) is 5.56 Å². The Morgan fingerprint density at radius 1 is 1.15 bits per heavy atom. The molecule has 41 heavy (non-hydrogen) atoms. The maximum absolute atomic E-state index is 14.0. The van der Waals surface area contributed by atoms with Crippen LogP contribution in [0.1, 0.15) is 43.9 Å². The molecule has 1 aliphatic rings. The predicted octanol–water partition coefficient (Wildman–Crippen LogP) is 5.01. The van der Waals surface area contributed by atoms with Crippen molar-refractivity contribution in [3.63, 3.8) is 0 Å². The number of carbonyl (C=O) groups is 2. The third-order valence-corrected chi connectivity index (χ3v) is 7.82. The molecule has 0 bridgehead atoms. The lowest BCUT2D eigenvalue weighted by atomic mass is 9.93. The number of carboxylic acids is 1. The molecule has 0 saturated heterocycles. The van der Waals surface area contributed by atoms with Crippen LogP contribution in [0.25, 0.3) is 6.08 Å². The largest absolute Gasteiger partial charge is 0.496 e. The number of hydrogen-bond donors (Lipinski definition) is 1. The Kier molecular flexibility index (Phi) is 9.80. The molecule has 1 aromatic heterocycles. The number of nitrogens with zero attached hydrogens (tertiary/aromatic N) is 2. The van der Waals surface area contributed by atoms with Crippen LogP contribution >= 0.6 is 46.1 Å². The number of rotatable bonds is 10. The van der Waals surface area contributed by atoms with E-state index in [-0.39, 0.29) is 28.0 Å². The van der Waals surface area contributed by atoms with Gasteiger partial charge in [-0.05, 0) is 55.3 Å². The summed E-state index contributed by atoms with van der Waals surface area (Å²) in [6, 6.07) is 7.09. The molecule has 0 unspecified atom stereocenters. The van der Waals surface area contributed by atoms with Gasteiger partial charge in [0.05, 0.1) is 39.6 Å². The number of methoxy groups -OCH3 is 1. The number of aromatic nitrogens is 1. The molecule has 1 N–H and O–H groups in total. The fourth-order valence-corrected chi connectivity index (χ4v) is 6.23. The number of allylic oxidation sites excluding steroid dienone is 1. The van der Waals surface area contributed by atoms with Gasteiger partial charge in [0.1, 0.15) is 11.8 Å². The van der Waals surface area contributed by atoms with Gasteiger partial charge in [0.2, 0.25) is 0 Å². The lowest BCUT2D eigenvalue weighted by Crippen LogP contribution is -2.40. The Hall–Kier alpha value is -3.31. The summed E-state index contributed by atoms with van der Waals surface area (Å²) in [4.78, 5) is 43.3. The number of carboxylic acid groups (broad SMARTS) is 1. The van der Waals surface area contributed by atoms with Gasteiger partial charge in [0, 0.05) is 10.6 Å². The summed E-state index contributed by atoms with van der Waals surface area (Å²) in [7, 11) is 1.49. The molecule has 9 nitrogen and oxygen atoms in total. The summed E-state index contributed by atoms with van der Waals surface area (Å²) >= 11 is 20.1. The molecule has 0 saturated carbocycles. The summed E-state index contributed by atoms with van der Waals surface area (Å²) in [5, 5.41) is 9.45. The van der Waals surface area contributed by atoms with Gasteiger partial charge in [-0.15, -0.1) is 0 Å². The van der Waals surface area contributed by atoms with Crippen LogP contribution in [0.5, 0.6) is 11.5 Å². The number of fused-ring (bicyclic) bond motifs is 1. The number of halogens is 3. The lowest BCUT2D eigenvalue weighted by Gasteiger charge is -2.27. The highest BCUT2D eigenvalue weighted by molar-refractivity contribution is 7.07. The summed E-state index contributed by atoms with van der Waals surface area (Å²) < 4.78 is 17.9. The third-order valence-electron chi connectivity index (χ3n) is 6.04. The van der Waals surface area contributed by atoms with Crippen LogP contribution < -0.4 is 24.4 Å². The van der Waals surface area contributed by atoms with Crippen molar-refractivity contribution < 1.29 is 28.9 Å². The lowest BCUT2D eigenvalue weighted by molar-refractivity contribution is -0.140. The smallest absolute Gasteiger partial charge is 0.341 e. The number of ether oxygens (including phenoxy) is 3. The number of esters is 1. The Bertz CT molecular complexity index is 1710. The van der Waals surface area contributed by atoms with E-state index in [4.69, 9.17) is 59.1 Å². The maximum atomic E-state index is 14.0. The minimum absolute atomic E-state index is 0.0191. The van der Waals surface area contributed by atoms with Crippen LogP contribution in [0, 0.1) is 0 Å². The van der Waals surface area contributed by atoms with Crippen LogP contribution in [-0.2, 0) is 14.3 Å². The molecule has 0 fully saturated rings. The molecular formula is C28H25Cl3N2O7S. The summed E-state index contributed by atoms with van der Waals surface area (Å²) in [5.74, 6) is -1.32. The first-order valence-corrected chi connectivity index (χ1v) is 14.4. The van der Waals surface area contributed by atoms with Crippen molar-refractivity contribution in [2.24, 2.45) is 4.99 Å². The van der Waals surface area contributed by atoms with Crippen molar-refractivity contribution in [3.8, 4) is 11.5 Å². The minimum atomic E-state index is -1.18. The maximum Gasteiger partial charge on any atom is 0.341 e. The molecule has 4 rings (SSSR count). The summed E-state index contributed by atoms with van der Waals surface area (Å²) in [6.45, 7) is 3.19. The Balaban J connectivity index is 1.96. The zero-order chi connectivity index (χ0) is 29.8. The fraction of sp³-hybridized carbons (Fsp3) is 0.286. The van der Waals surface area contributed by atoms with Crippen LogP contribution in [0.2, 0.25) is 15.1 Å². The molecule has 1 atom stereocenters. The van der Waals surface area contributed by atoms with Gasteiger partial charge >= 0.3 is 11.9 Å². The molecule has 3 aromatic rings. The van der Waals surface area contributed by atoms with E-state index in [1.54, 1.807) is 31.2 Å². The van der Waals surface area contributed by atoms with Crippen molar-refractivity contribution in [1.29, 1.82) is 0 Å². The number of aliphatic carboxylic acids is 1. The fourth-order valence-electron chi connectivity index (χ4n) is 4.42. The van der Waals surface area contributed by atoms with Gasteiger partial charge in [0.15, 0.2) is 17.2 Å². The van der Waals surface area contributed by atoms with E-state index in [0.29, 0.717) is 49.8 Å². The number of hydrogen-bond acceptors (Lipinski definition) is 8. The van der Waals surface area contributed by atoms with E-state index >= 15 is 0 Å². The van der Waals surface area contributed by atoms with E-state index < -0.39 is 30.1 Å². The number of carbonyl (C=O) groups excluding carboxylic acids is 1. The zero-order valence-corrected chi connectivity index (χ0v) is 25.3. The molecule has 0 aliphatic carbocycles. The summed E-state index contributed by atoms with van der Waals surface area (Å²) in [5.41, 5.74) is 1.31. The van der Waals surface area contributed by atoms with Crippen molar-refractivity contribution in [2.75, 3.05) is 20.3 Å². The molecule has 2 aromatic carbocycles. The Morgan fingerprint density at radius 3 is 2.46 bits per heavy atom. The first kappa shape index (κ1) is 30.6. The van der Waals surface area contributed by atoms with Gasteiger partial charge in [-0.2, -0.15) is 0 Å². The van der Waals surface area contributed by atoms with Crippen LogP contribution in [0.3, 0.4) is 0 Å². The number of benzene rings is 2. The Labute approximate surface area is 253 Å². The van der Waals surface area contributed by atoms with Gasteiger partial charge in [-0.1, -0.05) is 59.5 Å². The molecule has 13 heteroatoms. The van der Waals surface area contributed by atoms with E-state index in [1.807, 2.05) is 6.92 Å². The molecule has 0 amide bonds. The van der Waals surface area contributed by atoms with E-state index in [0.717, 1.165) is 11.3 Å². The van der Waals surface area contributed by atoms with E-state index in [2.05, 4.69) is 0 Å². The van der Waals surface area contributed by atoms with E-state index in [1.165, 1.54) is 23.8 Å². The van der Waals surface area contributed by atoms with Crippen molar-refractivity contribution >= 4 is 64.2 Å². The number of thiazole rings is 1. The quantitative estimate of drug-likeness (QED) is 0.310. The first-order valence-electron chi connectivity index (χ1n) is 12.5. The van der Waals surface area contributed by atoms with Crippen LogP contribution in [-0.4, -0.2) is 41.9 Å². The SMILES string of the molecule is CCCC1=C(C(=O)OCC)[C@H](c2cc(Cl)ccc2OC)n2c(s/c(=C/c3cc(Cl)c(OCC(=O)O)c(Cl)c3)c2=O)=N1. The standard InChI is InChI=1S/C28H25Cl3N2O7S/c1-4-6-19-23(27(37)39-5-2)24(16-12-15(29)7-8-20(16)38-3)33-26(36)21(41-28(33)32-19)11-14-9-17(30)25(18(31)10-14)40-13-22(34)35/h7-12,24H,4-6,13H2,1-3H3,(H,34,35)/b21-11+/t24-/m0/s1. The second kappa shape index (κ2) is 13.1. The predicted molar refractivity (Wildman–Crippen MR) is 157 cm³/mol. The highest BCUT2D eigenvalue weighted by atomic mass is 35.5. The first-order chi connectivity index (χ1) is 19.6. The van der Waals surface area contributed by atoms with E-state index in [9.17, 15) is 14.4 Å². The van der Waals surface area contributed by atoms with Gasteiger partial charge in [-0.25, -0.2) is 14.6 Å². The zero-order valence-electron chi connectivity index (χ0n) is 22.2. The average Bonchev–Trinajstić information content (AvgIpc) is 3.21. The van der Waals surface area contributed by atoms with Crippen molar-refractivity contribution in [1.82, 2.24) is 4.57 Å². The Morgan fingerprint density at radius 2 is 1.85 bits per heavy atom. The minimum Gasteiger partial charge on any atom is -0.496 e. The molecule has 0 spiro atoms. The summed E-state index contributed by atoms with van der Waals surface area (Å²) in [6.07, 6.45) is 2.76. The van der Waals surface area contributed by atoms with Crippen LogP contribution in [0.15, 0.2) is 51.4 Å². The third kappa shape index (κ3) is 6.46. The normalized spacial score (nSPS) is 14.9. The highest BCUT2D eigenvalue weighted by Gasteiger charge is 2.36. The second-order valence-electron chi connectivity index (χ2n) is 8.80. The highest BCUT2D eigenvalue weighted by Crippen LogP contribution is 2.38. The van der Waals surface area contributed by atoms with Crippen molar-refractivity contribution in [2.45, 2.75) is 32.7 Å². The molecule has 0 radical (unpaired) electrons. The van der Waals surface area contributed by atoms with Gasteiger partial charge in [-0.3, -0.25) is 9.36 Å². The molecule has 2 heterocycles. The second-order valence-corrected chi connectivity index (χ2v) is 11.1. The van der Waals surface area contributed by atoms with Crippen molar-refractivity contribution in [3.05, 3.63) is 87.5 Å². The molecular weight excluding hydrogens is 615 g/mol. The van der Waals surface area contributed by atoms with Gasteiger partial charge < -0.3 is 19.3 Å². The average molecular weight is 640 g/mol.